The molecule has 8 nitrogen and oxygen atoms in total. The highest BCUT2D eigenvalue weighted by Gasteiger charge is 2.32. The van der Waals surface area contributed by atoms with Crippen LogP contribution >= 0.6 is 15.9 Å². The maximum atomic E-state index is 13.4. The molecule has 1 atom stereocenters. The molecule has 1 aliphatic carbocycles. The minimum Gasteiger partial charge on any atom is -0.477 e. The number of nitrogens with one attached hydrogen (secondary N) is 1. The first kappa shape index (κ1) is 22.3. The third-order valence-corrected chi connectivity index (χ3v) is 7.48. The average Bonchev–Trinajstić information content (AvgIpc) is 3.53. The maximum Gasteiger partial charge on any atom is 0.258 e. The van der Waals surface area contributed by atoms with Crippen molar-refractivity contribution in [2.45, 2.75) is 39.2 Å². The molecule has 0 spiro atoms. The van der Waals surface area contributed by atoms with Gasteiger partial charge in [-0.1, -0.05) is 15.9 Å². The summed E-state index contributed by atoms with van der Waals surface area (Å²) in [7, 11) is 1.88. The van der Waals surface area contributed by atoms with Gasteiger partial charge in [0, 0.05) is 29.3 Å². The van der Waals surface area contributed by atoms with Gasteiger partial charge in [-0.3, -0.25) is 15.1 Å². The summed E-state index contributed by atoms with van der Waals surface area (Å²) < 4.78 is 11.2. The van der Waals surface area contributed by atoms with E-state index in [9.17, 15) is 4.79 Å². The number of fused-ring (bicyclic) bond motifs is 7. The van der Waals surface area contributed by atoms with Gasteiger partial charge < -0.3 is 9.30 Å². The fourth-order valence-electron chi connectivity index (χ4n) is 5.02. The van der Waals surface area contributed by atoms with E-state index in [-0.39, 0.29) is 5.91 Å². The number of carbonyl (C=O) groups is 1. The zero-order valence-corrected chi connectivity index (χ0v) is 21.4. The number of pyridine rings is 1. The van der Waals surface area contributed by atoms with E-state index in [4.69, 9.17) is 14.7 Å². The van der Waals surface area contributed by atoms with Gasteiger partial charge in [-0.2, -0.15) is 5.10 Å². The molecule has 2 bridgehead atoms. The molecule has 6 rings (SSSR count). The van der Waals surface area contributed by atoms with Crippen molar-refractivity contribution in [1.82, 2.24) is 24.3 Å². The number of benzene rings is 1. The number of carbonyl (C=O) groups excluding carboxylic acids is 1. The molecule has 3 aromatic heterocycles. The van der Waals surface area contributed by atoms with Crippen LogP contribution in [0.3, 0.4) is 0 Å². The van der Waals surface area contributed by atoms with Gasteiger partial charge in [0.25, 0.3) is 5.91 Å². The predicted octanol–water partition coefficient (Wildman–Crippen LogP) is 5.35. The van der Waals surface area contributed by atoms with Crippen molar-refractivity contribution in [1.29, 1.82) is 0 Å². The number of nitrogens with zero attached hydrogens (tertiary/aromatic N) is 5. The number of halogens is 1. The number of hydrogen-bond acceptors (Lipinski definition) is 5. The van der Waals surface area contributed by atoms with E-state index in [1.165, 1.54) is 12.8 Å². The Bertz CT molecular complexity index is 1440. The molecule has 1 N–H and O–H groups in total. The van der Waals surface area contributed by atoms with Crippen LogP contribution in [-0.4, -0.2) is 36.8 Å². The lowest BCUT2D eigenvalue weighted by Crippen LogP contribution is -2.18. The molecule has 35 heavy (non-hydrogen) atoms. The fourth-order valence-corrected chi connectivity index (χ4v) is 5.37. The average molecular weight is 535 g/mol. The zero-order chi connectivity index (χ0) is 24.1. The molecule has 0 unspecified atom stereocenters. The van der Waals surface area contributed by atoms with E-state index in [1.807, 2.05) is 26.1 Å². The SMILES string of the molecule is Cc1cc2cc(n1)-c1cnn(C)c1OC[C@H](C1CC1)CCCn1c(nc3ccc(Br)cc31)NC2=O. The molecule has 4 aromatic rings. The smallest absolute Gasteiger partial charge is 0.258 e. The molecule has 4 heterocycles. The molecule has 1 amide bonds. The topological polar surface area (TPSA) is 86.9 Å². The van der Waals surface area contributed by atoms with Crippen LogP contribution in [0.2, 0.25) is 0 Å². The van der Waals surface area contributed by atoms with Gasteiger partial charge in [-0.05, 0) is 74.8 Å². The van der Waals surface area contributed by atoms with E-state index in [0.29, 0.717) is 41.5 Å². The number of anilines is 1. The molecule has 1 aliphatic heterocycles. The largest absolute Gasteiger partial charge is 0.477 e. The van der Waals surface area contributed by atoms with Crippen LogP contribution in [0.15, 0.2) is 41.0 Å². The fraction of sp³-hybridized carbons (Fsp3) is 0.385. The van der Waals surface area contributed by atoms with E-state index in [2.05, 4.69) is 37.0 Å². The van der Waals surface area contributed by atoms with Crippen molar-refractivity contribution in [3.63, 3.8) is 0 Å². The first-order valence-corrected chi connectivity index (χ1v) is 12.9. The van der Waals surface area contributed by atoms with Gasteiger partial charge in [0.15, 0.2) is 0 Å². The van der Waals surface area contributed by atoms with Gasteiger partial charge in [0.1, 0.15) is 0 Å². The highest BCUT2D eigenvalue weighted by Crippen LogP contribution is 2.40. The Kier molecular flexibility index (Phi) is 5.59. The van der Waals surface area contributed by atoms with E-state index in [1.54, 1.807) is 23.0 Å². The first-order valence-electron chi connectivity index (χ1n) is 12.1. The second-order valence-corrected chi connectivity index (χ2v) is 10.5. The van der Waals surface area contributed by atoms with Crippen LogP contribution in [-0.2, 0) is 13.6 Å². The van der Waals surface area contributed by atoms with Gasteiger partial charge in [-0.15, -0.1) is 0 Å². The highest BCUT2D eigenvalue weighted by atomic mass is 79.9. The number of aromatic nitrogens is 5. The van der Waals surface area contributed by atoms with Crippen LogP contribution in [0, 0.1) is 18.8 Å². The number of aryl methyl sites for hydroxylation is 3. The van der Waals surface area contributed by atoms with Crippen molar-refractivity contribution in [3.8, 4) is 17.1 Å². The quantitative estimate of drug-likeness (QED) is 0.355. The van der Waals surface area contributed by atoms with Gasteiger partial charge in [-0.25, -0.2) is 9.67 Å². The number of imidazole rings is 1. The summed E-state index contributed by atoms with van der Waals surface area (Å²) in [5.41, 5.74) is 4.61. The Hall–Kier alpha value is -3.20. The second-order valence-electron chi connectivity index (χ2n) is 9.59. The summed E-state index contributed by atoms with van der Waals surface area (Å²) in [5, 5.41) is 7.49. The number of amides is 1. The molecule has 9 heteroatoms. The molecular formula is C26H27BrN6O2. The van der Waals surface area contributed by atoms with Crippen LogP contribution in [0.25, 0.3) is 22.3 Å². The van der Waals surface area contributed by atoms with Gasteiger partial charge >= 0.3 is 0 Å². The van der Waals surface area contributed by atoms with Crippen molar-refractivity contribution in [2.75, 3.05) is 11.9 Å². The Morgan fingerprint density at radius 2 is 1.97 bits per heavy atom. The summed E-state index contributed by atoms with van der Waals surface area (Å²) in [6.45, 7) is 3.31. The van der Waals surface area contributed by atoms with E-state index < -0.39 is 0 Å². The summed E-state index contributed by atoms with van der Waals surface area (Å²) in [6.07, 6.45) is 6.30. The molecular weight excluding hydrogens is 508 g/mol. The Morgan fingerprint density at radius 1 is 1.11 bits per heavy atom. The molecule has 0 saturated heterocycles. The number of rotatable bonds is 1. The minimum absolute atomic E-state index is 0.218. The van der Waals surface area contributed by atoms with Crippen LogP contribution in [0.4, 0.5) is 5.95 Å². The lowest BCUT2D eigenvalue weighted by molar-refractivity contribution is 0.102. The summed E-state index contributed by atoms with van der Waals surface area (Å²) >= 11 is 3.58. The van der Waals surface area contributed by atoms with Crippen LogP contribution in [0.1, 0.15) is 41.7 Å². The van der Waals surface area contributed by atoms with Crippen molar-refractivity contribution in [3.05, 3.63) is 52.3 Å². The molecule has 1 fully saturated rings. The Balaban J connectivity index is 1.46. The molecule has 0 radical (unpaired) electrons. The third kappa shape index (κ3) is 4.33. The first-order chi connectivity index (χ1) is 17.0. The Labute approximate surface area is 211 Å². The van der Waals surface area contributed by atoms with Crippen LogP contribution in [0.5, 0.6) is 5.88 Å². The van der Waals surface area contributed by atoms with Crippen LogP contribution < -0.4 is 10.1 Å². The zero-order valence-electron chi connectivity index (χ0n) is 19.8. The predicted molar refractivity (Wildman–Crippen MR) is 138 cm³/mol. The maximum absolute atomic E-state index is 13.4. The minimum atomic E-state index is -0.218. The Morgan fingerprint density at radius 3 is 2.80 bits per heavy atom. The normalized spacial score (nSPS) is 18.7. The van der Waals surface area contributed by atoms with E-state index in [0.717, 1.165) is 46.1 Å². The van der Waals surface area contributed by atoms with Crippen molar-refractivity contribution >= 4 is 38.8 Å². The van der Waals surface area contributed by atoms with Crippen molar-refractivity contribution in [2.24, 2.45) is 18.9 Å². The highest BCUT2D eigenvalue weighted by molar-refractivity contribution is 9.10. The second kappa shape index (κ2) is 8.78. The molecule has 1 saturated carbocycles. The number of ether oxygens (including phenoxy) is 1. The third-order valence-electron chi connectivity index (χ3n) is 6.99. The monoisotopic (exact) mass is 534 g/mol. The lowest BCUT2D eigenvalue weighted by Gasteiger charge is -2.18. The molecule has 180 valence electrons. The van der Waals surface area contributed by atoms with E-state index >= 15 is 0 Å². The summed E-state index contributed by atoms with van der Waals surface area (Å²) in [5.74, 6) is 2.22. The number of hydrogen-bond donors (Lipinski definition) is 1. The van der Waals surface area contributed by atoms with Gasteiger partial charge in [0.05, 0.1) is 35.1 Å². The standard InChI is InChI=1S/C26H27BrN6O2/c1-15-10-18-11-22(29-15)20-13-28-32(2)25(20)35-14-17(16-5-6-16)4-3-9-33-23-12-19(27)7-8-21(23)30-26(33)31-24(18)34/h7-8,10-13,16-17H,3-6,9,14H2,1-2H3,(H,30,31,34)/t17-/m1/s1. The van der Waals surface area contributed by atoms with Gasteiger partial charge in [0.2, 0.25) is 11.8 Å². The summed E-state index contributed by atoms with van der Waals surface area (Å²) in [4.78, 5) is 22.8. The molecule has 2 aliphatic rings. The lowest BCUT2D eigenvalue weighted by atomic mass is 9.98. The summed E-state index contributed by atoms with van der Waals surface area (Å²) in [6, 6.07) is 9.60. The van der Waals surface area contributed by atoms with Crippen molar-refractivity contribution < 1.29 is 9.53 Å². The molecule has 1 aromatic carbocycles.